The summed E-state index contributed by atoms with van der Waals surface area (Å²) >= 11 is 6.72. The van der Waals surface area contributed by atoms with Gasteiger partial charge >= 0.3 is 0 Å². The van der Waals surface area contributed by atoms with E-state index in [9.17, 15) is 4.79 Å². The van der Waals surface area contributed by atoms with Crippen LogP contribution in [-0.4, -0.2) is 27.4 Å². The number of hydrogen-bond acceptors (Lipinski definition) is 3. The number of nitrogens with zero attached hydrogens (tertiary/aromatic N) is 1. The Morgan fingerprint density at radius 3 is 2.73 bits per heavy atom. The van der Waals surface area contributed by atoms with Crippen molar-refractivity contribution in [3.63, 3.8) is 0 Å². The Hall–Kier alpha value is -0.0900. The minimum absolute atomic E-state index is 0.224. The Labute approximate surface area is 102 Å². The third-order valence-electron chi connectivity index (χ3n) is 2.56. The Morgan fingerprint density at radius 2 is 2.13 bits per heavy atom. The lowest BCUT2D eigenvalue weighted by atomic mass is 10.1. The first-order valence-corrected chi connectivity index (χ1v) is 7.12. The lowest BCUT2D eigenvalue weighted by Gasteiger charge is -2.14. The smallest absolute Gasteiger partial charge is 0.228 e. The van der Waals surface area contributed by atoms with Crippen LogP contribution in [0.25, 0.3) is 0 Å². The maximum absolute atomic E-state index is 11.7. The van der Waals surface area contributed by atoms with E-state index in [2.05, 4.69) is 6.92 Å². The molecule has 0 aromatic heterocycles. The minimum Gasteiger partial charge on any atom is -0.297 e. The van der Waals surface area contributed by atoms with E-state index in [1.54, 1.807) is 16.7 Å². The lowest BCUT2D eigenvalue weighted by molar-refractivity contribution is -0.126. The third-order valence-corrected chi connectivity index (χ3v) is 3.98. The van der Waals surface area contributed by atoms with E-state index >= 15 is 0 Å². The molecule has 2 nitrogen and oxygen atoms in total. The summed E-state index contributed by atoms with van der Waals surface area (Å²) in [7, 11) is 0. The highest BCUT2D eigenvalue weighted by atomic mass is 32.2. The quantitative estimate of drug-likeness (QED) is 0.529. The highest BCUT2D eigenvalue weighted by Crippen LogP contribution is 2.19. The van der Waals surface area contributed by atoms with E-state index in [1.807, 2.05) is 0 Å². The molecule has 0 spiro atoms. The van der Waals surface area contributed by atoms with Crippen LogP contribution >= 0.6 is 24.0 Å². The normalized spacial score (nSPS) is 16.1. The second-order valence-corrected chi connectivity index (χ2v) is 5.55. The molecule has 0 unspecified atom stereocenters. The summed E-state index contributed by atoms with van der Waals surface area (Å²) in [5.74, 6) is 1.20. The number of carbonyl (C=O) groups is 1. The van der Waals surface area contributed by atoms with Crippen LogP contribution in [0.2, 0.25) is 0 Å². The Balaban J connectivity index is 2.10. The molecule has 1 heterocycles. The van der Waals surface area contributed by atoms with Gasteiger partial charge in [-0.15, -0.1) is 0 Å². The zero-order chi connectivity index (χ0) is 11.1. The molecule has 15 heavy (non-hydrogen) atoms. The molecule has 0 radical (unpaired) electrons. The van der Waals surface area contributed by atoms with E-state index in [1.165, 1.54) is 25.7 Å². The second kappa shape index (κ2) is 7.23. The molecular weight excluding hydrogens is 226 g/mol. The van der Waals surface area contributed by atoms with Gasteiger partial charge in [0.2, 0.25) is 5.91 Å². The van der Waals surface area contributed by atoms with Crippen LogP contribution in [0.4, 0.5) is 0 Å². The zero-order valence-corrected chi connectivity index (χ0v) is 11.0. The van der Waals surface area contributed by atoms with Crippen molar-refractivity contribution in [3.05, 3.63) is 0 Å². The summed E-state index contributed by atoms with van der Waals surface area (Å²) in [5, 5.41) is 0. The molecule has 1 rings (SSSR count). The molecule has 0 aliphatic carbocycles. The molecule has 0 aromatic rings. The number of unbranched alkanes of at least 4 members (excludes halogenated alkanes) is 4. The van der Waals surface area contributed by atoms with Gasteiger partial charge in [0.15, 0.2) is 0 Å². The van der Waals surface area contributed by atoms with Gasteiger partial charge in [-0.3, -0.25) is 9.69 Å². The molecule has 1 aliphatic heterocycles. The first-order chi connectivity index (χ1) is 7.25. The molecular formula is C11H19NOS2. The van der Waals surface area contributed by atoms with Gasteiger partial charge in [0.1, 0.15) is 4.32 Å². The monoisotopic (exact) mass is 245 g/mol. The first-order valence-electron chi connectivity index (χ1n) is 5.73. The van der Waals surface area contributed by atoms with Crippen LogP contribution in [0.3, 0.4) is 0 Å². The summed E-state index contributed by atoms with van der Waals surface area (Å²) in [5.41, 5.74) is 0. The van der Waals surface area contributed by atoms with Crippen molar-refractivity contribution in [2.24, 2.45) is 0 Å². The van der Waals surface area contributed by atoms with Crippen molar-refractivity contribution >= 4 is 34.2 Å². The number of amides is 1. The second-order valence-electron chi connectivity index (χ2n) is 3.82. The van der Waals surface area contributed by atoms with Crippen molar-refractivity contribution in [1.82, 2.24) is 4.90 Å². The van der Waals surface area contributed by atoms with E-state index in [-0.39, 0.29) is 5.91 Å². The fourth-order valence-electron chi connectivity index (χ4n) is 1.63. The summed E-state index contributed by atoms with van der Waals surface area (Å²) in [4.78, 5) is 13.5. The van der Waals surface area contributed by atoms with E-state index in [0.29, 0.717) is 6.42 Å². The van der Waals surface area contributed by atoms with Crippen molar-refractivity contribution in [1.29, 1.82) is 0 Å². The molecule has 1 fully saturated rings. The number of thiocarbonyl (C=S) groups is 1. The molecule has 1 saturated heterocycles. The molecule has 4 heteroatoms. The predicted octanol–water partition coefficient (Wildman–Crippen LogP) is 3.21. The summed E-state index contributed by atoms with van der Waals surface area (Å²) < 4.78 is 0.772. The highest BCUT2D eigenvalue weighted by molar-refractivity contribution is 8.23. The molecule has 1 aliphatic rings. The predicted molar refractivity (Wildman–Crippen MR) is 70.1 cm³/mol. The average Bonchev–Trinajstić information content (AvgIpc) is 2.64. The number of thioether (sulfide) groups is 1. The van der Waals surface area contributed by atoms with Gasteiger partial charge in [0.05, 0.1) is 0 Å². The first kappa shape index (κ1) is 13.0. The summed E-state index contributed by atoms with van der Waals surface area (Å²) in [6.07, 6.45) is 6.65. The minimum atomic E-state index is 0.224. The van der Waals surface area contributed by atoms with Gasteiger partial charge in [0, 0.05) is 18.7 Å². The molecule has 1 amide bonds. The molecule has 0 atom stereocenters. The van der Waals surface area contributed by atoms with E-state index in [0.717, 1.165) is 23.0 Å². The van der Waals surface area contributed by atoms with E-state index in [4.69, 9.17) is 12.2 Å². The SMILES string of the molecule is CCCCCCCC(=O)N1CCSC1=S. The number of carbonyl (C=O) groups excluding carboxylic acids is 1. The highest BCUT2D eigenvalue weighted by Gasteiger charge is 2.22. The maximum atomic E-state index is 11.7. The zero-order valence-electron chi connectivity index (χ0n) is 9.33. The molecule has 0 bridgehead atoms. The standard InChI is InChI=1S/C11H19NOS2/c1-2-3-4-5-6-7-10(13)12-8-9-15-11(12)14/h2-9H2,1H3. The van der Waals surface area contributed by atoms with Crippen LogP contribution in [0.1, 0.15) is 45.4 Å². The van der Waals surface area contributed by atoms with Crippen LogP contribution in [-0.2, 0) is 4.79 Å². The summed E-state index contributed by atoms with van der Waals surface area (Å²) in [6.45, 7) is 3.02. The van der Waals surface area contributed by atoms with Gasteiger partial charge in [-0.25, -0.2) is 0 Å². The average molecular weight is 245 g/mol. The molecule has 0 saturated carbocycles. The number of hydrogen-bond donors (Lipinski definition) is 0. The summed E-state index contributed by atoms with van der Waals surface area (Å²) in [6, 6.07) is 0. The molecule has 0 aromatic carbocycles. The van der Waals surface area contributed by atoms with Crippen molar-refractivity contribution in [2.45, 2.75) is 45.4 Å². The van der Waals surface area contributed by atoms with Crippen LogP contribution in [0.5, 0.6) is 0 Å². The molecule has 0 N–H and O–H groups in total. The fraction of sp³-hybridized carbons (Fsp3) is 0.818. The Morgan fingerprint density at radius 1 is 1.40 bits per heavy atom. The molecule has 86 valence electrons. The Kier molecular flexibility index (Phi) is 6.25. The maximum Gasteiger partial charge on any atom is 0.228 e. The van der Waals surface area contributed by atoms with Crippen molar-refractivity contribution < 1.29 is 4.79 Å². The van der Waals surface area contributed by atoms with Crippen LogP contribution in [0.15, 0.2) is 0 Å². The third kappa shape index (κ3) is 4.51. The van der Waals surface area contributed by atoms with Crippen LogP contribution < -0.4 is 0 Å². The number of rotatable bonds is 6. The lowest BCUT2D eigenvalue weighted by Crippen LogP contribution is -2.30. The largest absolute Gasteiger partial charge is 0.297 e. The van der Waals surface area contributed by atoms with Gasteiger partial charge < -0.3 is 0 Å². The van der Waals surface area contributed by atoms with E-state index < -0.39 is 0 Å². The van der Waals surface area contributed by atoms with Crippen molar-refractivity contribution in [2.75, 3.05) is 12.3 Å². The van der Waals surface area contributed by atoms with Gasteiger partial charge in [-0.1, -0.05) is 56.6 Å². The van der Waals surface area contributed by atoms with Gasteiger partial charge in [-0.05, 0) is 6.42 Å². The topological polar surface area (TPSA) is 20.3 Å². The van der Waals surface area contributed by atoms with Crippen molar-refractivity contribution in [3.8, 4) is 0 Å². The van der Waals surface area contributed by atoms with Gasteiger partial charge in [-0.2, -0.15) is 0 Å². The van der Waals surface area contributed by atoms with Crippen LogP contribution in [0, 0.1) is 0 Å². The fourth-order valence-corrected chi connectivity index (χ4v) is 2.88. The Bertz CT molecular complexity index is 231. The van der Waals surface area contributed by atoms with Gasteiger partial charge in [0.25, 0.3) is 0 Å².